The van der Waals surface area contributed by atoms with Gasteiger partial charge >= 0.3 is 0 Å². The van der Waals surface area contributed by atoms with E-state index in [2.05, 4.69) is 15.0 Å². The molecule has 210 valence electrons. The summed E-state index contributed by atoms with van der Waals surface area (Å²) in [6.07, 6.45) is 10.4. The van der Waals surface area contributed by atoms with Crippen LogP contribution in [0, 0.1) is 45.3 Å². The van der Waals surface area contributed by atoms with Crippen molar-refractivity contribution >= 4 is 11.7 Å². The van der Waals surface area contributed by atoms with Crippen molar-refractivity contribution in [2.24, 2.45) is 34.1 Å². The maximum atomic E-state index is 9.62. The molecule has 1 saturated carbocycles. The highest BCUT2D eigenvalue weighted by Gasteiger charge is 2.44. The summed E-state index contributed by atoms with van der Waals surface area (Å²) in [6.45, 7) is 4.00. The number of aryl methyl sites for hydroxylation is 1. The number of nitrogens with zero attached hydrogens (tertiary/aromatic N) is 8. The van der Waals surface area contributed by atoms with Crippen LogP contribution in [-0.2, 0) is 7.05 Å². The quantitative estimate of drug-likeness (QED) is 0.239. The van der Waals surface area contributed by atoms with E-state index in [9.17, 15) is 15.8 Å². The third-order valence-electron chi connectivity index (χ3n) is 7.27. The molecule has 0 radical (unpaired) electrons. The van der Waals surface area contributed by atoms with E-state index in [-0.39, 0.29) is 11.9 Å². The number of amidine groups is 2. The zero-order valence-electron chi connectivity index (χ0n) is 23.9. The van der Waals surface area contributed by atoms with Gasteiger partial charge in [-0.25, -0.2) is 9.98 Å². The SMILES string of the molecule is CC.Cn1ccnc1C(N)=NC(=NC1CCC(C(C#N)(C#N)C#N)C1)c1[nH]cc(-c2cccnc2)c1-c1ccccc1. The van der Waals surface area contributed by atoms with Gasteiger partial charge in [-0.1, -0.05) is 50.2 Å². The van der Waals surface area contributed by atoms with Gasteiger partial charge in [0.2, 0.25) is 5.41 Å². The van der Waals surface area contributed by atoms with E-state index in [4.69, 9.17) is 15.7 Å². The van der Waals surface area contributed by atoms with Crippen molar-refractivity contribution in [1.82, 2.24) is 19.5 Å². The van der Waals surface area contributed by atoms with Crippen LogP contribution in [-0.4, -0.2) is 37.2 Å². The molecule has 0 spiro atoms. The number of nitriles is 3. The lowest BCUT2D eigenvalue weighted by atomic mass is 9.78. The molecule has 0 saturated heterocycles. The topological polar surface area (TPSA) is 169 Å². The first-order chi connectivity index (χ1) is 20.5. The van der Waals surface area contributed by atoms with Crippen molar-refractivity contribution in [2.75, 3.05) is 0 Å². The number of aliphatic imine (C=N–C) groups is 2. The van der Waals surface area contributed by atoms with E-state index in [1.807, 2.05) is 87.8 Å². The van der Waals surface area contributed by atoms with Gasteiger partial charge in [0.05, 0.1) is 11.7 Å². The normalized spacial score (nSPS) is 17.0. The van der Waals surface area contributed by atoms with E-state index in [1.165, 1.54) is 0 Å². The van der Waals surface area contributed by atoms with E-state index in [0.717, 1.165) is 22.3 Å². The van der Waals surface area contributed by atoms with Gasteiger partial charge in [0.15, 0.2) is 17.5 Å². The maximum absolute atomic E-state index is 9.62. The number of pyridine rings is 1. The Morgan fingerprint density at radius 1 is 1.02 bits per heavy atom. The highest BCUT2D eigenvalue weighted by molar-refractivity contribution is 6.13. The number of nitrogens with two attached hydrogens (primary N) is 1. The Hall–Kier alpha value is -5.53. The molecule has 10 nitrogen and oxygen atoms in total. The molecule has 0 bridgehead atoms. The number of rotatable bonds is 6. The monoisotopic (exact) mass is 556 g/mol. The Morgan fingerprint density at radius 2 is 1.74 bits per heavy atom. The molecule has 4 aromatic rings. The van der Waals surface area contributed by atoms with E-state index >= 15 is 0 Å². The van der Waals surface area contributed by atoms with Gasteiger partial charge in [-0.15, -0.1) is 0 Å². The Kier molecular flexibility index (Phi) is 9.27. The Labute approximate surface area is 245 Å². The van der Waals surface area contributed by atoms with Crippen molar-refractivity contribution in [1.29, 1.82) is 15.8 Å². The van der Waals surface area contributed by atoms with Crippen LogP contribution < -0.4 is 5.73 Å². The Balaban J connectivity index is 0.00000198. The molecule has 10 heteroatoms. The van der Waals surface area contributed by atoms with Crippen LogP contribution in [0.15, 0.2) is 83.4 Å². The lowest BCUT2D eigenvalue weighted by Crippen LogP contribution is -2.24. The standard InChI is InChI=1S/C30H26N10.C2H6/c1-40-13-12-36-29(40)27(34)39-28(38-23-10-9-22(14-23)30(17-31,18-32)19-33)26-25(20-6-3-2-4-7-20)24(16-37-26)21-8-5-11-35-15-21;1-2/h2-8,11-13,15-16,22-23,37H,9-10,14H2,1H3,(H2,34,38,39);1-2H3. The summed E-state index contributed by atoms with van der Waals surface area (Å²) in [4.78, 5) is 21.8. The molecule has 0 aliphatic heterocycles. The Bertz CT molecular complexity index is 1660. The van der Waals surface area contributed by atoms with Crippen LogP contribution in [0.25, 0.3) is 22.3 Å². The first-order valence-electron chi connectivity index (χ1n) is 13.8. The molecule has 1 aromatic carbocycles. The van der Waals surface area contributed by atoms with Crippen LogP contribution in [0.3, 0.4) is 0 Å². The first kappa shape index (κ1) is 29.5. The molecular formula is C32H32N10. The van der Waals surface area contributed by atoms with Crippen LogP contribution in [0.5, 0.6) is 0 Å². The molecule has 3 aromatic heterocycles. The minimum Gasteiger partial charge on any atom is -0.381 e. The average molecular weight is 557 g/mol. The van der Waals surface area contributed by atoms with E-state index in [0.29, 0.717) is 36.6 Å². The third kappa shape index (κ3) is 5.82. The second-order valence-corrected chi connectivity index (χ2v) is 9.68. The van der Waals surface area contributed by atoms with Crippen LogP contribution in [0.2, 0.25) is 0 Å². The number of benzene rings is 1. The number of nitrogens with one attached hydrogen (secondary N) is 1. The lowest BCUT2D eigenvalue weighted by Gasteiger charge is -2.17. The molecular weight excluding hydrogens is 524 g/mol. The van der Waals surface area contributed by atoms with Crippen molar-refractivity contribution in [3.8, 4) is 40.5 Å². The minimum absolute atomic E-state index is 0.192. The molecule has 1 aliphatic carbocycles. The molecule has 3 heterocycles. The second-order valence-electron chi connectivity index (χ2n) is 9.68. The van der Waals surface area contributed by atoms with Gasteiger partial charge in [-0.2, -0.15) is 15.8 Å². The van der Waals surface area contributed by atoms with Gasteiger partial charge in [-0.05, 0) is 30.9 Å². The van der Waals surface area contributed by atoms with E-state index in [1.54, 1.807) is 29.4 Å². The van der Waals surface area contributed by atoms with Crippen molar-refractivity contribution < 1.29 is 0 Å². The van der Waals surface area contributed by atoms with Crippen LogP contribution in [0.4, 0.5) is 0 Å². The van der Waals surface area contributed by atoms with Gasteiger partial charge in [0.25, 0.3) is 0 Å². The summed E-state index contributed by atoms with van der Waals surface area (Å²) >= 11 is 0. The highest BCUT2D eigenvalue weighted by atomic mass is 15.1. The summed E-state index contributed by atoms with van der Waals surface area (Å²) in [7, 11) is 1.83. The smallest absolute Gasteiger partial charge is 0.231 e. The van der Waals surface area contributed by atoms with Gasteiger partial charge in [-0.3, -0.25) is 9.98 Å². The third-order valence-corrected chi connectivity index (χ3v) is 7.27. The van der Waals surface area contributed by atoms with Gasteiger partial charge < -0.3 is 15.3 Å². The molecule has 2 unspecified atom stereocenters. The number of aromatic amines is 1. The summed E-state index contributed by atoms with van der Waals surface area (Å²) in [5.74, 6) is 0.644. The number of aromatic nitrogens is 4. The fourth-order valence-corrected chi connectivity index (χ4v) is 5.17. The average Bonchev–Trinajstić information content (AvgIpc) is 3.80. The molecule has 0 amide bonds. The van der Waals surface area contributed by atoms with Gasteiger partial charge in [0, 0.05) is 60.6 Å². The molecule has 1 aliphatic rings. The predicted octanol–water partition coefficient (Wildman–Crippen LogP) is 5.38. The van der Waals surface area contributed by atoms with Crippen LogP contribution >= 0.6 is 0 Å². The highest BCUT2D eigenvalue weighted by Crippen LogP contribution is 2.41. The lowest BCUT2D eigenvalue weighted by molar-refractivity contribution is 0.398. The van der Waals surface area contributed by atoms with Crippen LogP contribution in [0.1, 0.15) is 44.6 Å². The van der Waals surface area contributed by atoms with Crippen molar-refractivity contribution in [3.05, 3.63) is 85.0 Å². The number of hydrogen-bond donors (Lipinski definition) is 2. The second kappa shape index (κ2) is 13.2. The molecule has 2 atom stereocenters. The summed E-state index contributed by atoms with van der Waals surface area (Å²) in [5, 5.41) is 28.9. The van der Waals surface area contributed by atoms with Gasteiger partial charge in [0.1, 0.15) is 18.2 Å². The molecule has 5 rings (SSSR count). The summed E-state index contributed by atoms with van der Waals surface area (Å²) in [5.41, 5.74) is 9.11. The van der Waals surface area contributed by atoms with Crippen molar-refractivity contribution in [2.45, 2.75) is 39.2 Å². The number of hydrogen-bond acceptors (Lipinski definition) is 6. The zero-order valence-corrected chi connectivity index (χ0v) is 23.9. The summed E-state index contributed by atoms with van der Waals surface area (Å²) in [6, 6.07) is 19.3. The minimum atomic E-state index is -1.70. The molecule has 3 N–H and O–H groups in total. The fraction of sp³-hybridized carbons (Fsp3) is 0.281. The van der Waals surface area contributed by atoms with Crippen molar-refractivity contribution in [3.63, 3.8) is 0 Å². The van der Waals surface area contributed by atoms with E-state index < -0.39 is 11.3 Å². The predicted molar refractivity (Wildman–Crippen MR) is 162 cm³/mol. The number of imidazole rings is 1. The summed E-state index contributed by atoms with van der Waals surface area (Å²) < 4.78 is 1.77. The molecule has 1 fully saturated rings. The molecule has 42 heavy (non-hydrogen) atoms. The zero-order chi connectivity index (χ0) is 30.1. The maximum Gasteiger partial charge on any atom is 0.231 e. The number of H-pyrrole nitrogens is 1. The fourth-order valence-electron chi connectivity index (χ4n) is 5.17. The Morgan fingerprint density at radius 3 is 2.36 bits per heavy atom. The largest absolute Gasteiger partial charge is 0.381 e. The first-order valence-corrected chi connectivity index (χ1v) is 13.8.